The van der Waals surface area contributed by atoms with Crippen molar-refractivity contribution < 1.29 is 4.39 Å². The predicted molar refractivity (Wildman–Crippen MR) is 67.4 cm³/mol. The van der Waals surface area contributed by atoms with Crippen LogP contribution < -0.4 is 0 Å². The number of aromatic nitrogens is 2. The van der Waals surface area contributed by atoms with Crippen molar-refractivity contribution in [2.45, 2.75) is 19.8 Å². The third-order valence-electron chi connectivity index (χ3n) is 2.87. The summed E-state index contributed by atoms with van der Waals surface area (Å²) in [4.78, 5) is 0. The Morgan fingerprint density at radius 1 is 1.39 bits per heavy atom. The van der Waals surface area contributed by atoms with E-state index in [1.165, 1.54) is 6.07 Å². The second-order valence-corrected chi connectivity index (χ2v) is 4.57. The van der Waals surface area contributed by atoms with Gasteiger partial charge in [-0.3, -0.25) is 4.68 Å². The molecule has 3 nitrogen and oxygen atoms in total. The van der Waals surface area contributed by atoms with Gasteiger partial charge in [0.1, 0.15) is 11.9 Å². The molecule has 0 radical (unpaired) electrons. The van der Waals surface area contributed by atoms with E-state index < -0.39 is 0 Å². The summed E-state index contributed by atoms with van der Waals surface area (Å²) in [6.07, 6.45) is 1.72. The van der Waals surface area contributed by atoms with Crippen molar-refractivity contribution in [3.8, 4) is 17.2 Å². The molecule has 0 aliphatic rings. The maximum atomic E-state index is 13.9. The first-order chi connectivity index (χ1) is 8.52. The van der Waals surface area contributed by atoms with Gasteiger partial charge in [-0.15, -0.1) is 0 Å². The van der Waals surface area contributed by atoms with Gasteiger partial charge in [0.2, 0.25) is 0 Å². The van der Waals surface area contributed by atoms with E-state index in [-0.39, 0.29) is 11.7 Å². The number of nitriles is 1. The minimum Gasteiger partial charge on any atom is -0.274 e. The SMILES string of the molecule is CC(C)c1ccc(-c2cn(C)nc2C#N)cc1F. The highest BCUT2D eigenvalue weighted by Gasteiger charge is 2.13. The van der Waals surface area contributed by atoms with Crippen LogP contribution in [0.1, 0.15) is 31.0 Å². The Balaban J connectivity index is 2.52. The van der Waals surface area contributed by atoms with Gasteiger partial charge < -0.3 is 0 Å². The van der Waals surface area contributed by atoms with E-state index >= 15 is 0 Å². The van der Waals surface area contributed by atoms with Gasteiger partial charge in [-0.25, -0.2) is 4.39 Å². The highest BCUT2D eigenvalue weighted by molar-refractivity contribution is 5.68. The van der Waals surface area contributed by atoms with Crippen LogP contribution in [-0.2, 0) is 7.05 Å². The standard InChI is InChI=1S/C14H14FN3/c1-9(2)11-5-4-10(6-13(11)15)12-8-18(3)17-14(12)7-16/h4-6,8-9H,1-3H3. The van der Waals surface area contributed by atoms with E-state index in [0.717, 1.165) is 0 Å². The first-order valence-electron chi connectivity index (χ1n) is 5.76. The van der Waals surface area contributed by atoms with Crippen LogP contribution in [0.4, 0.5) is 4.39 Å². The fraction of sp³-hybridized carbons (Fsp3) is 0.286. The molecule has 0 saturated carbocycles. The number of benzene rings is 1. The summed E-state index contributed by atoms with van der Waals surface area (Å²) >= 11 is 0. The molecule has 0 fully saturated rings. The van der Waals surface area contributed by atoms with Crippen LogP contribution in [-0.4, -0.2) is 9.78 Å². The largest absolute Gasteiger partial charge is 0.274 e. The van der Waals surface area contributed by atoms with Crippen molar-refractivity contribution in [3.63, 3.8) is 0 Å². The van der Waals surface area contributed by atoms with E-state index in [1.807, 2.05) is 26.0 Å². The molecule has 0 aliphatic heterocycles. The van der Waals surface area contributed by atoms with Crippen molar-refractivity contribution >= 4 is 0 Å². The average molecular weight is 243 g/mol. The quantitative estimate of drug-likeness (QED) is 0.812. The normalized spacial score (nSPS) is 10.7. The molecular formula is C14H14FN3. The van der Waals surface area contributed by atoms with E-state index in [0.29, 0.717) is 22.4 Å². The maximum Gasteiger partial charge on any atom is 0.170 e. The summed E-state index contributed by atoms with van der Waals surface area (Å²) in [5.41, 5.74) is 2.34. The molecule has 0 saturated heterocycles. The predicted octanol–water partition coefficient (Wildman–Crippen LogP) is 3.22. The topological polar surface area (TPSA) is 41.6 Å². The molecule has 0 unspecified atom stereocenters. The van der Waals surface area contributed by atoms with Gasteiger partial charge in [-0.2, -0.15) is 10.4 Å². The van der Waals surface area contributed by atoms with Gasteiger partial charge in [-0.1, -0.05) is 26.0 Å². The molecule has 92 valence electrons. The van der Waals surface area contributed by atoms with Crippen molar-refractivity contribution in [3.05, 3.63) is 41.5 Å². The zero-order valence-electron chi connectivity index (χ0n) is 10.6. The molecule has 0 spiro atoms. The van der Waals surface area contributed by atoms with Crippen LogP contribution in [0.25, 0.3) is 11.1 Å². The minimum atomic E-state index is -0.241. The van der Waals surface area contributed by atoms with E-state index in [1.54, 1.807) is 24.0 Å². The molecule has 1 aromatic carbocycles. The summed E-state index contributed by atoms with van der Waals surface area (Å²) in [5, 5.41) is 13.0. The van der Waals surface area contributed by atoms with Gasteiger partial charge in [0.15, 0.2) is 5.69 Å². The van der Waals surface area contributed by atoms with Gasteiger partial charge in [0.05, 0.1) is 0 Å². The molecule has 1 aromatic heterocycles. The lowest BCUT2D eigenvalue weighted by Crippen LogP contribution is -1.93. The lowest BCUT2D eigenvalue weighted by molar-refractivity contribution is 0.599. The van der Waals surface area contributed by atoms with Crippen LogP contribution in [0.5, 0.6) is 0 Å². The molecule has 0 aliphatic carbocycles. The van der Waals surface area contributed by atoms with Crippen LogP contribution in [0, 0.1) is 17.1 Å². The number of hydrogen-bond donors (Lipinski definition) is 0. The molecule has 2 aromatic rings. The van der Waals surface area contributed by atoms with Gasteiger partial charge in [0, 0.05) is 18.8 Å². The monoisotopic (exact) mass is 243 g/mol. The van der Waals surface area contributed by atoms with Crippen molar-refractivity contribution in [2.75, 3.05) is 0 Å². The second-order valence-electron chi connectivity index (χ2n) is 4.57. The van der Waals surface area contributed by atoms with Crippen LogP contribution in [0.15, 0.2) is 24.4 Å². The Kier molecular flexibility index (Phi) is 3.15. The fourth-order valence-corrected chi connectivity index (χ4v) is 1.95. The number of hydrogen-bond acceptors (Lipinski definition) is 2. The maximum absolute atomic E-state index is 13.9. The molecule has 0 atom stereocenters. The molecule has 1 heterocycles. The number of rotatable bonds is 2. The summed E-state index contributed by atoms with van der Waals surface area (Å²) in [7, 11) is 1.74. The van der Waals surface area contributed by atoms with Crippen molar-refractivity contribution in [1.29, 1.82) is 5.26 Å². The van der Waals surface area contributed by atoms with Gasteiger partial charge in [-0.05, 0) is 23.1 Å². The van der Waals surface area contributed by atoms with Crippen LogP contribution in [0.2, 0.25) is 0 Å². The summed E-state index contributed by atoms with van der Waals surface area (Å²) < 4.78 is 15.5. The van der Waals surface area contributed by atoms with E-state index in [9.17, 15) is 4.39 Å². The fourth-order valence-electron chi connectivity index (χ4n) is 1.95. The smallest absolute Gasteiger partial charge is 0.170 e. The van der Waals surface area contributed by atoms with Crippen molar-refractivity contribution in [2.24, 2.45) is 7.05 Å². The molecular weight excluding hydrogens is 229 g/mol. The molecule has 4 heteroatoms. The van der Waals surface area contributed by atoms with E-state index in [2.05, 4.69) is 5.10 Å². The Bertz CT molecular complexity index is 620. The number of aryl methyl sites for hydroxylation is 1. The van der Waals surface area contributed by atoms with E-state index in [4.69, 9.17) is 5.26 Å². The first-order valence-corrected chi connectivity index (χ1v) is 5.76. The summed E-state index contributed by atoms with van der Waals surface area (Å²) in [6, 6.07) is 7.08. The molecule has 18 heavy (non-hydrogen) atoms. The summed E-state index contributed by atoms with van der Waals surface area (Å²) in [5.74, 6) is -0.0985. The third-order valence-corrected chi connectivity index (χ3v) is 2.87. The lowest BCUT2D eigenvalue weighted by atomic mass is 9.98. The lowest BCUT2D eigenvalue weighted by Gasteiger charge is -2.08. The van der Waals surface area contributed by atoms with Crippen molar-refractivity contribution in [1.82, 2.24) is 9.78 Å². The van der Waals surface area contributed by atoms with Gasteiger partial charge >= 0.3 is 0 Å². The summed E-state index contributed by atoms with van der Waals surface area (Å²) in [6.45, 7) is 3.89. The zero-order chi connectivity index (χ0) is 13.3. The van der Waals surface area contributed by atoms with Gasteiger partial charge in [0.25, 0.3) is 0 Å². The average Bonchev–Trinajstić information content (AvgIpc) is 2.69. The zero-order valence-corrected chi connectivity index (χ0v) is 10.6. The molecule has 0 N–H and O–H groups in total. The Morgan fingerprint density at radius 3 is 2.67 bits per heavy atom. The first kappa shape index (κ1) is 12.3. The second kappa shape index (κ2) is 4.61. The molecule has 0 amide bonds. The molecule has 2 rings (SSSR count). The Morgan fingerprint density at radius 2 is 2.11 bits per heavy atom. The van der Waals surface area contributed by atoms with Crippen LogP contribution >= 0.6 is 0 Å². The third kappa shape index (κ3) is 2.12. The highest BCUT2D eigenvalue weighted by Crippen LogP contribution is 2.27. The van der Waals surface area contributed by atoms with Crippen LogP contribution in [0.3, 0.4) is 0 Å². The number of nitrogens with zero attached hydrogens (tertiary/aromatic N) is 3. The minimum absolute atomic E-state index is 0.142. The molecule has 0 bridgehead atoms. The number of halogens is 1. The Labute approximate surface area is 105 Å². The highest BCUT2D eigenvalue weighted by atomic mass is 19.1. The Hall–Kier alpha value is -2.15.